The molecule has 13 nitrogen and oxygen atoms in total. The number of anilines is 3. The van der Waals surface area contributed by atoms with Gasteiger partial charge >= 0.3 is 6.03 Å². The molecule has 0 spiro atoms. The summed E-state index contributed by atoms with van der Waals surface area (Å²) >= 11 is 0. The average molecular weight is 594 g/mol. The smallest absolute Gasteiger partial charge is 0.323 e. The number of Topliss-reactive ketones (excluding diaryl/α,β-unsaturated/α-hetero) is 3. The van der Waals surface area contributed by atoms with Gasteiger partial charge in [0.15, 0.2) is 23.0 Å². The number of phenols is 1. The fourth-order valence-electron chi connectivity index (χ4n) is 7.17. The third-order valence-electron chi connectivity index (χ3n) is 9.03. The number of hydrogen-bond acceptors (Lipinski definition) is 10. The molecule has 2 aromatic carbocycles. The van der Waals surface area contributed by atoms with Crippen molar-refractivity contribution in [3.05, 3.63) is 47.5 Å². The zero-order valence-corrected chi connectivity index (χ0v) is 24.2. The normalized spacial score (nSPS) is 29.8. The zero-order valence-electron chi connectivity index (χ0n) is 24.2. The molecular weight excluding hydrogens is 558 g/mol. The van der Waals surface area contributed by atoms with E-state index < -0.39 is 76.5 Å². The maximum Gasteiger partial charge on any atom is 0.323 e. The molecule has 7 N–H and O–H groups in total. The number of phenolic OH excluding ortho intramolecular Hbond substituents is 1. The lowest BCUT2D eigenvalue weighted by Gasteiger charge is -2.55. The molecule has 7 atom stereocenters. The lowest BCUT2D eigenvalue weighted by atomic mass is 9.52. The number of primary amides is 1. The van der Waals surface area contributed by atoms with Gasteiger partial charge < -0.3 is 41.5 Å². The first-order valence-corrected chi connectivity index (χ1v) is 13.9. The Morgan fingerprint density at radius 1 is 1.02 bits per heavy atom. The molecule has 228 valence electrons. The second-order valence-electron chi connectivity index (χ2n) is 12.0. The Bertz CT molecular complexity index is 1530. The molecule has 0 bridgehead atoms. The van der Waals surface area contributed by atoms with Gasteiger partial charge in [-0.1, -0.05) is 18.2 Å². The molecule has 0 aromatic heterocycles. The minimum absolute atomic E-state index is 0.00231. The summed E-state index contributed by atoms with van der Waals surface area (Å²) in [6.45, 7) is 0. The number of urea groups is 1. The van der Waals surface area contributed by atoms with Gasteiger partial charge in [-0.25, -0.2) is 4.79 Å². The SMILES string of the molecule is CN(C)c1cc(NC(=O)Nc2ccccc2)c(O)c2c1C[C@@H]1C[C@@H]3[C@@H](N(C)C)C(O)C(C(N)=O)C(=O)[C@]3(O)C(=O)C1C2=O. The first-order valence-electron chi connectivity index (χ1n) is 13.9. The van der Waals surface area contributed by atoms with Crippen molar-refractivity contribution in [1.82, 2.24) is 4.90 Å². The third kappa shape index (κ3) is 4.64. The predicted molar refractivity (Wildman–Crippen MR) is 156 cm³/mol. The van der Waals surface area contributed by atoms with E-state index in [4.69, 9.17) is 5.73 Å². The Morgan fingerprint density at radius 2 is 1.67 bits per heavy atom. The number of aliphatic hydroxyl groups excluding tert-OH is 1. The highest BCUT2D eigenvalue weighted by Crippen LogP contribution is 2.53. The van der Waals surface area contributed by atoms with Crippen molar-refractivity contribution >= 4 is 46.4 Å². The number of nitrogens with one attached hydrogen (secondary N) is 2. The van der Waals surface area contributed by atoms with E-state index in [0.29, 0.717) is 16.9 Å². The molecule has 3 amide bonds. The summed E-state index contributed by atoms with van der Waals surface area (Å²) in [6, 6.07) is 8.44. The standard InChI is InChI=1S/C30H35N5O8/c1-34(2)18-12-17(33-29(42)32-14-8-6-5-7-9-14)23(36)20-15(18)10-13-11-16-22(35(3)4)25(38)21(28(31)41)27(40)30(16,43)26(39)19(13)24(20)37/h5-9,12-13,16,19,21-22,25,36,38,43H,10-11H2,1-4H3,(H2,31,41)(H2,32,33,42)/t13-,16-,19?,21?,22-,25?,30-/m1/s1. The van der Waals surface area contributed by atoms with E-state index >= 15 is 0 Å². The highest BCUT2D eigenvalue weighted by atomic mass is 16.3. The summed E-state index contributed by atoms with van der Waals surface area (Å²) in [5.74, 6) is -10.1. The predicted octanol–water partition coefficient (Wildman–Crippen LogP) is 0.369. The molecule has 0 aliphatic heterocycles. The first-order chi connectivity index (χ1) is 20.2. The van der Waals surface area contributed by atoms with Crippen LogP contribution < -0.4 is 21.3 Å². The van der Waals surface area contributed by atoms with Crippen molar-refractivity contribution in [3.8, 4) is 5.75 Å². The summed E-state index contributed by atoms with van der Waals surface area (Å²) in [5.41, 5.74) is 3.84. The number of carbonyl (C=O) groups is 5. The van der Waals surface area contributed by atoms with Gasteiger partial charge in [0, 0.05) is 37.4 Å². The number of nitrogens with two attached hydrogens (primary N) is 1. The number of aromatic hydroxyl groups is 1. The molecule has 3 aliphatic rings. The lowest BCUT2D eigenvalue weighted by molar-refractivity contribution is -0.190. The minimum Gasteiger partial charge on any atom is -0.505 e. The largest absolute Gasteiger partial charge is 0.505 e. The number of benzene rings is 2. The minimum atomic E-state index is -2.76. The molecule has 5 rings (SSSR count). The molecule has 0 radical (unpaired) electrons. The van der Waals surface area contributed by atoms with Crippen LogP contribution in [-0.4, -0.2) is 95.4 Å². The fourth-order valence-corrected chi connectivity index (χ4v) is 7.17. The molecule has 3 aliphatic carbocycles. The maximum absolute atomic E-state index is 14.1. The number of para-hydroxylation sites is 1. The Hall–Kier alpha value is -4.33. The maximum atomic E-state index is 14.1. The Morgan fingerprint density at radius 3 is 2.26 bits per heavy atom. The molecule has 3 unspecified atom stereocenters. The zero-order chi connectivity index (χ0) is 31.5. The van der Waals surface area contributed by atoms with Crippen LogP contribution in [0.2, 0.25) is 0 Å². The average Bonchev–Trinajstić information content (AvgIpc) is 2.92. The number of amides is 3. The lowest BCUT2D eigenvalue weighted by Crippen LogP contribution is -2.75. The Labute approximate surface area is 247 Å². The number of fused-ring (bicyclic) bond motifs is 3. The number of carbonyl (C=O) groups excluding carboxylic acids is 5. The van der Waals surface area contributed by atoms with Crippen LogP contribution in [0.15, 0.2) is 36.4 Å². The quantitative estimate of drug-likeness (QED) is 0.208. The van der Waals surface area contributed by atoms with E-state index in [1.54, 1.807) is 63.4 Å². The van der Waals surface area contributed by atoms with Gasteiger partial charge in [-0.2, -0.15) is 0 Å². The molecule has 0 saturated heterocycles. The van der Waals surface area contributed by atoms with E-state index in [1.165, 1.54) is 11.0 Å². The van der Waals surface area contributed by atoms with Crippen molar-refractivity contribution < 1.29 is 39.3 Å². The molecule has 13 heteroatoms. The second-order valence-corrected chi connectivity index (χ2v) is 12.0. The summed E-state index contributed by atoms with van der Waals surface area (Å²) < 4.78 is 0. The van der Waals surface area contributed by atoms with Crippen molar-refractivity contribution in [3.63, 3.8) is 0 Å². The fraction of sp³-hybridized carbons (Fsp3) is 0.433. The van der Waals surface area contributed by atoms with Gasteiger partial charge in [-0.3, -0.25) is 19.2 Å². The van der Waals surface area contributed by atoms with E-state index in [0.717, 1.165) is 0 Å². The van der Waals surface area contributed by atoms with Gasteiger partial charge in [-0.15, -0.1) is 0 Å². The molecule has 43 heavy (non-hydrogen) atoms. The number of hydrogen-bond donors (Lipinski definition) is 6. The number of nitrogens with zero attached hydrogens (tertiary/aromatic N) is 2. The number of ketones is 3. The first kappa shape index (κ1) is 30.1. The van der Waals surface area contributed by atoms with Crippen LogP contribution in [0.4, 0.5) is 21.9 Å². The summed E-state index contributed by atoms with van der Waals surface area (Å²) in [7, 11) is 6.63. The molecule has 2 saturated carbocycles. The molecular formula is C30H35N5O8. The van der Waals surface area contributed by atoms with Crippen molar-refractivity contribution in [2.24, 2.45) is 29.4 Å². The summed E-state index contributed by atoms with van der Waals surface area (Å²) in [5, 5.41) is 39.3. The van der Waals surface area contributed by atoms with Crippen LogP contribution in [0.1, 0.15) is 22.3 Å². The highest BCUT2D eigenvalue weighted by Gasteiger charge is 2.69. The Balaban J connectivity index is 1.58. The van der Waals surface area contributed by atoms with Gasteiger partial charge in [-0.05, 0) is 56.6 Å². The van der Waals surface area contributed by atoms with Crippen LogP contribution in [0, 0.1) is 23.7 Å². The number of aliphatic hydroxyl groups is 2. The van der Waals surface area contributed by atoms with Gasteiger partial charge in [0.25, 0.3) is 0 Å². The Kier molecular flexibility index (Phi) is 7.53. The molecule has 0 heterocycles. The summed E-state index contributed by atoms with van der Waals surface area (Å²) in [4.78, 5) is 69.9. The topological polar surface area (TPSA) is 203 Å². The van der Waals surface area contributed by atoms with E-state index in [2.05, 4.69) is 10.6 Å². The van der Waals surface area contributed by atoms with Crippen LogP contribution in [0.5, 0.6) is 5.75 Å². The van der Waals surface area contributed by atoms with Gasteiger partial charge in [0.05, 0.1) is 23.3 Å². The number of likely N-dealkylation sites (N-methyl/N-ethyl adjacent to an activating group) is 1. The van der Waals surface area contributed by atoms with Crippen molar-refractivity contribution in [2.75, 3.05) is 43.7 Å². The van der Waals surface area contributed by atoms with E-state index in [-0.39, 0.29) is 24.1 Å². The second kappa shape index (κ2) is 10.7. The van der Waals surface area contributed by atoms with Crippen LogP contribution in [-0.2, 0) is 20.8 Å². The number of rotatable bonds is 5. The van der Waals surface area contributed by atoms with E-state index in [9.17, 15) is 39.3 Å². The van der Waals surface area contributed by atoms with Gasteiger partial charge in [0.2, 0.25) is 5.91 Å². The molecule has 2 aromatic rings. The summed E-state index contributed by atoms with van der Waals surface area (Å²) in [6.07, 6.45) is -1.44. The van der Waals surface area contributed by atoms with Crippen molar-refractivity contribution in [1.29, 1.82) is 0 Å². The van der Waals surface area contributed by atoms with Crippen LogP contribution >= 0.6 is 0 Å². The van der Waals surface area contributed by atoms with E-state index in [1.807, 2.05) is 0 Å². The third-order valence-corrected chi connectivity index (χ3v) is 9.03. The van der Waals surface area contributed by atoms with Crippen LogP contribution in [0.3, 0.4) is 0 Å². The van der Waals surface area contributed by atoms with Crippen molar-refractivity contribution in [2.45, 2.75) is 30.6 Å². The van der Waals surface area contributed by atoms with Gasteiger partial charge in [0.1, 0.15) is 11.7 Å². The highest BCUT2D eigenvalue weighted by molar-refractivity contribution is 6.26. The van der Waals surface area contributed by atoms with Crippen LogP contribution in [0.25, 0.3) is 0 Å². The molecule has 2 fully saturated rings. The monoisotopic (exact) mass is 593 g/mol.